The van der Waals surface area contributed by atoms with Crippen molar-refractivity contribution in [3.63, 3.8) is 0 Å². The average Bonchev–Trinajstić information content (AvgIpc) is 2.50. The maximum absolute atomic E-state index is 12.6. The monoisotopic (exact) mass is 364 g/mol. The highest BCUT2D eigenvalue weighted by Gasteiger charge is 2.26. The second-order valence-corrected chi connectivity index (χ2v) is 8.21. The molecular weight excluding hydrogens is 347 g/mol. The van der Waals surface area contributed by atoms with Crippen LogP contribution in [0.5, 0.6) is 0 Å². The predicted molar refractivity (Wildman–Crippen MR) is 88.0 cm³/mol. The van der Waals surface area contributed by atoms with E-state index in [1.165, 1.54) is 29.4 Å². The van der Waals surface area contributed by atoms with E-state index in [2.05, 4.69) is 5.32 Å². The van der Waals surface area contributed by atoms with Crippen LogP contribution >= 0.6 is 23.2 Å². The molecule has 0 unspecified atom stereocenters. The molecule has 0 aliphatic carbocycles. The number of nitrogens with zero attached hydrogens (tertiary/aromatic N) is 1. The summed E-state index contributed by atoms with van der Waals surface area (Å²) in [6.07, 6.45) is 2.77. The highest BCUT2D eigenvalue weighted by atomic mass is 35.5. The molecule has 0 aromatic heterocycles. The van der Waals surface area contributed by atoms with Gasteiger partial charge in [-0.25, -0.2) is 8.42 Å². The SMILES string of the molecule is C[C@H](Cl)C(=O)Nc1cc(S(=O)(=O)N2CCCCC2)ccc1Cl. The number of nitrogens with one attached hydrogen (secondary N) is 1. The van der Waals surface area contributed by atoms with E-state index in [1.807, 2.05) is 0 Å². The third-order valence-corrected chi connectivity index (χ3v) is 5.93. The molecule has 2 rings (SSSR count). The van der Waals surface area contributed by atoms with E-state index in [-0.39, 0.29) is 15.6 Å². The lowest BCUT2D eigenvalue weighted by Gasteiger charge is -2.26. The minimum Gasteiger partial charge on any atom is -0.323 e. The van der Waals surface area contributed by atoms with E-state index in [0.29, 0.717) is 13.1 Å². The highest BCUT2D eigenvalue weighted by molar-refractivity contribution is 7.89. The summed E-state index contributed by atoms with van der Waals surface area (Å²) in [6.45, 7) is 2.57. The quantitative estimate of drug-likeness (QED) is 0.834. The zero-order chi connectivity index (χ0) is 16.3. The molecule has 1 aliphatic rings. The van der Waals surface area contributed by atoms with Crippen LogP contribution in [0.4, 0.5) is 5.69 Å². The first kappa shape index (κ1) is 17.5. The molecule has 1 atom stereocenters. The fourth-order valence-electron chi connectivity index (χ4n) is 2.25. The van der Waals surface area contributed by atoms with E-state index in [0.717, 1.165) is 19.3 Å². The van der Waals surface area contributed by atoms with Crippen molar-refractivity contribution in [2.24, 2.45) is 0 Å². The molecule has 1 aromatic rings. The summed E-state index contributed by atoms with van der Waals surface area (Å²) in [6, 6.07) is 4.29. The van der Waals surface area contributed by atoms with Gasteiger partial charge in [0.2, 0.25) is 15.9 Å². The van der Waals surface area contributed by atoms with Crippen LogP contribution in [0.1, 0.15) is 26.2 Å². The van der Waals surface area contributed by atoms with Crippen molar-refractivity contribution in [1.29, 1.82) is 0 Å². The molecule has 0 radical (unpaired) electrons. The molecule has 122 valence electrons. The number of benzene rings is 1. The van der Waals surface area contributed by atoms with Gasteiger partial charge < -0.3 is 5.32 Å². The van der Waals surface area contributed by atoms with Gasteiger partial charge in [-0.15, -0.1) is 11.6 Å². The number of sulfonamides is 1. The fourth-order valence-corrected chi connectivity index (χ4v) is 4.01. The van der Waals surface area contributed by atoms with Gasteiger partial charge in [-0.05, 0) is 38.0 Å². The number of amides is 1. The standard InChI is InChI=1S/C14H18Cl2N2O3S/c1-10(15)14(19)17-13-9-11(5-6-12(13)16)22(20,21)18-7-3-2-4-8-18/h5-6,9-10H,2-4,7-8H2,1H3,(H,17,19)/t10-/m0/s1. The Bertz CT molecular complexity index is 656. The number of piperidine rings is 1. The molecule has 8 heteroatoms. The largest absolute Gasteiger partial charge is 0.323 e. The number of carbonyl (C=O) groups excluding carboxylic acids is 1. The lowest BCUT2D eigenvalue weighted by atomic mass is 10.2. The number of halogens is 2. The number of alkyl halides is 1. The van der Waals surface area contributed by atoms with Gasteiger partial charge in [0.25, 0.3) is 0 Å². The van der Waals surface area contributed by atoms with Crippen LogP contribution in [0.3, 0.4) is 0 Å². The molecule has 1 saturated heterocycles. The molecule has 22 heavy (non-hydrogen) atoms. The molecule has 0 saturated carbocycles. The molecule has 5 nitrogen and oxygen atoms in total. The van der Waals surface area contributed by atoms with Gasteiger partial charge in [0, 0.05) is 13.1 Å². The Hall–Kier alpha value is -0.820. The third kappa shape index (κ3) is 3.93. The molecule has 0 spiro atoms. The summed E-state index contributed by atoms with van der Waals surface area (Å²) in [5, 5.41) is 2.07. The van der Waals surface area contributed by atoms with E-state index in [4.69, 9.17) is 23.2 Å². The number of carbonyl (C=O) groups is 1. The normalized spacial score (nSPS) is 18.0. The van der Waals surface area contributed by atoms with Crippen LogP contribution in [0.25, 0.3) is 0 Å². The molecular formula is C14H18Cl2N2O3S. The van der Waals surface area contributed by atoms with Crippen molar-refractivity contribution in [2.75, 3.05) is 18.4 Å². The molecule has 1 N–H and O–H groups in total. The highest BCUT2D eigenvalue weighted by Crippen LogP contribution is 2.28. The first-order chi connectivity index (χ1) is 10.3. The van der Waals surface area contributed by atoms with Crippen molar-refractivity contribution in [3.05, 3.63) is 23.2 Å². The smallest absolute Gasteiger partial charge is 0.243 e. The summed E-state index contributed by atoms with van der Waals surface area (Å²) < 4.78 is 26.7. The average molecular weight is 365 g/mol. The molecule has 1 fully saturated rings. The maximum Gasteiger partial charge on any atom is 0.243 e. The first-order valence-electron chi connectivity index (χ1n) is 7.07. The summed E-state index contributed by atoms with van der Waals surface area (Å²) in [5.74, 6) is -0.434. The van der Waals surface area contributed by atoms with E-state index < -0.39 is 21.3 Å². The van der Waals surface area contributed by atoms with Gasteiger partial charge in [-0.3, -0.25) is 4.79 Å². The number of anilines is 1. The van der Waals surface area contributed by atoms with Crippen molar-refractivity contribution in [1.82, 2.24) is 4.31 Å². The topological polar surface area (TPSA) is 66.5 Å². The summed E-state index contributed by atoms with van der Waals surface area (Å²) in [5.41, 5.74) is 0.247. The summed E-state index contributed by atoms with van der Waals surface area (Å²) in [4.78, 5) is 11.8. The van der Waals surface area contributed by atoms with E-state index in [9.17, 15) is 13.2 Å². The van der Waals surface area contributed by atoms with Gasteiger partial charge in [0.05, 0.1) is 15.6 Å². The van der Waals surface area contributed by atoms with E-state index in [1.54, 1.807) is 0 Å². The third-order valence-electron chi connectivity index (χ3n) is 3.51. The number of rotatable bonds is 4. The van der Waals surface area contributed by atoms with Gasteiger partial charge in [-0.2, -0.15) is 4.31 Å². The Morgan fingerprint density at radius 1 is 1.27 bits per heavy atom. The molecule has 1 aromatic carbocycles. The minimum absolute atomic E-state index is 0.122. The number of hydrogen-bond donors (Lipinski definition) is 1. The van der Waals surface area contributed by atoms with Crippen LogP contribution in [0, 0.1) is 0 Å². The second-order valence-electron chi connectivity index (χ2n) is 5.21. The van der Waals surface area contributed by atoms with Crippen LogP contribution in [0.2, 0.25) is 5.02 Å². The predicted octanol–water partition coefficient (Wildman–Crippen LogP) is 3.08. The molecule has 1 heterocycles. The summed E-state index contributed by atoms with van der Waals surface area (Å²) in [7, 11) is -3.57. The molecule has 1 aliphatic heterocycles. The Balaban J connectivity index is 2.30. The van der Waals surface area contributed by atoms with Gasteiger partial charge in [-0.1, -0.05) is 18.0 Å². The second kappa shape index (κ2) is 7.17. The Morgan fingerprint density at radius 3 is 2.50 bits per heavy atom. The minimum atomic E-state index is -3.57. The van der Waals surface area contributed by atoms with Crippen LogP contribution in [-0.4, -0.2) is 37.1 Å². The summed E-state index contributed by atoms with van der Waals surface area (Å²) >= 11 is 11.7. The van der Waals surface area contributed by atoms with Crippen molar-refractivity contribution in [3.8, 4) is 0 Å². The molecule has 1 amide bonds. The maximum atomic E-state index is 12.6. The molecule has 0 bridgehead atoms. The van der Waals surface area contributed by atoms with Crippen LogP contribution in [-0.2, 0) is 14.8 Å². The van der Waals surface area contributed by atoms with Crippen LogP contribution < -0.4 is 5.32 Å². The van der Waals surface area contributed by atoms with Gasteiger partial charge in [0.15, 0.2) is 0 Å². The van der Waals surface area contributed by atoms with Crippen molar-refractivity contribution < 1.29 is 13.2 Å². The lowest BCUT2D eigenvalue weighted by molar-refractivity contribution is -0.115. The van der Waals surface area contributed by atoms with Gasteiger partial charge >= 0.3 is 0 Å². The van der Waals surface area contributed by atoms with Crippen LogP contribution in [0.15, 0.2) is 23.1 Å². The van der Waals surface area contributed by atoms with Gasteiger partial charge in [0.1, 0.15) is 5.38 Å². The fraction of sp³-hybridized carbons (Fsp3) is 0.500. The lowest BCUT2D eigenvalue weighted by Crippen LogP contribution is -2.35. The number of hydrogen-bond acceptors (Lipinski definition) is 3. The zero-order valence-electron chi connectivity index (χ0n) is 12.2. The van der Waals surface area contributed by atoms with E-state index >= 15 is 0 Å². The Labute approximate surface area is 140 Å². The Kier molecular flexibility index (Phi) is 5.71. The van der Waals surface area contributed by atoms with Crippen molar-refractivity contribution in [2.45, 2.75) is 36.5 Å². The Morgan fingerprint density at radius 2 is 1.91 bits per heavy atom. The first-order valence-corrected chi connectivity index (χ1v) is 9.32. The van der Waals surface area contributed by atoms with Crippen molar-refractivity contribution >= 4 is 44.8 Å². The zero-order valence-corrected chi connectivity index (χ0v) is 14.5.